The molecule has 2 aromatic carbocycles. The molecule has 0 aliphatic rings. The number of nitrogens with one attached hydrogen (secondary N) is 1. The van der Waals surface area contributed by atoms with Gasteiger partial charge in [-0.25, -0.2) is 13.1 Å². The van der Waals surface area contributed by atoms with Gasteiger partial charge in [0.25, 0.3) is 5.91 Å². The molecule has 1 amide bonds. The fourth-order valence-corrected chi connectivity index (χ4v) is 4.50. The molecule has 0 saturated carbocycles. The van der Waals surface area contributed by atoms with Gasteiger partial charge in [0.05, 0.1) is 22.6 Å². The maximum absolute atomic E-state index is 12.9. The molecule has 9 heteroatoms. The van der Waals surface area contributed by atoms with E-state index >= 15 is 0 Å². The van der Waals surface area contributed by atoms with E-state index in [9.17, 15) is 13.2 Å². The van der Waals surface area contributed by atoms with Crippen LogP contribution in [0.2, 0.25) is 5.02 Å². The Morgan fingerprint density at radius 1 is 1.25 bits per heavy atom. The number of carbonyl (C=O) groups is 1. The number of nitrogens with zero attached hydrogens (tertiary/aromatic N) is 1. The third-order valence-corrected chi connectivity index (χ3v) is 6.35. The van der Waals surface area contributed by atoms with Gasteiger partial charge >= 0.3 is 0 Å². The maximum Gasteiger partial charge on any atom is 0.255 e. The Kier molecular flexibility index (Phi) is 7.50. The summed E-state index contributed by atoms with van der Waals surface area (Å²) < 4.78 is 33.5. The lowest BCUT2D eigenvalue weighted by Gasteiger charge is -2.20. The number of ether oxygens (including phenoxy) is 1. The number of methoxy groups -OCH3 is 1. The molecular formula is C19H22BrClN2O4S. The van der Waals surface area contributed by atoms with Crippen molar-refractivity contribution in [3.05, 3.63) is 57.0 Å². The number of hydrogen-bond acceptors (Lipinski definition) is 4. The Hall–Kier alpha value is -1.61. The summed E-state index contributed by atoms with van der Waals surface area (Å²) in [7, 11) is -0.564. The Labute approximate surface area is 179 Å². The standard InChI is InChI=1S/C19H22BrClN2O4S/c1-12(2)22-28(25,26)15-6-7-17(21)16(10-15)19(24)23(3)11-13-9-14(20)5-8-18(13)27-4/h5-10,12,22H,11H2,1-4H3. The minimum absolute atomic E-state index is 0.0117. The fourth-order valence-electron chi connectivity index (χ4n) is 2.62. The van der Waals surface area contributed by atoms with Crippen LogP contribution in [0.3, 0.4) is 0 Å². The Morgan fingerprint density at radius 2 is 1.93 bits per heavy atom. The van der Waals surface area contributed by atoms with E-state index in [2.05, 4.69) is 20.7 Å². The minimum atomic E-state index is -3.74. The van der Waals surface area contributed by atoms with E-state index < -0.39 is 15.9 Å². The van der Waals surface area contributed by atoms with Crippen molar-refractivity contribution in [2.75, 3.05) is 14.2 Å². The highest BCUT2D eigenvalue weighted by atomic mass is 79.9. The first kappa shape index (κ1) is 22.7. The zero-order chi connectivity index (χ0) is 21.1. The zero-order valence-electron chi connectivity index (χ0n) is 16.0. The van der Waals surface area contributed by atoms with Crippen LogP contribution in [-0.2, 0) is 16.6 Å². The molecule has 6 nitrogen and oxygen atoms in total. The van der Waals surface area contributed by atoms with Gasteiger partial charge in [-0.2, -0.15) is 0 Å². The van der Waals surface area contributed by atoms with Gasteiger partial charge < -0.3 is 9.64 Å². The van der Waals surface area contributed by atoms with E-state index in [-0.39, 0.29) is 28.1 Å². The summed E-state index contributed by atoms with van der Waals surface area (Å²) >= 11 is 9.59. The molecule has 2 rings (SSSR count). The van der Waals surface area contributed by atoms with E-state index in [0.717, 1.165) is 10.0 Å². The van der Waals surface area contributed by atoms with Crippen molar-refractivity contribution in [2.45, 2.75) is 31.3 Å². The highest BCUT2D eigenvalue weighted by Crippen LogP contribution is 2.26. The van der Waals surface area contributed by atoms with Crippen molar-refractivity contribution in [1.82, 2.24) is 9.62 Å². The second kappa shape index (κ2) is 9.26. The summed E-state index contributed by atoms with van der Waals surface area (Å²) in [5.41, 5.74) is 0.916. The van der Waals surface area contributed by atoms with E-state index in [1.165, 1.54) is 23.1 Å². The number of carbonyl (C=O) groups excluding carboxylic acids is 1. The number of rotatable bonds is 7. The summed E-state index contributed by atoms with van der Waals surface area (Å²) in [6.45, 7) is 3.70. The lowest BCUT2D eigenvalue weighted by atomic mass is 10.1. The molecule has 0 aliphatic heterocycles. The van der Waals surface area contributed by atoms with Crippen LogP contribution < -0.4 is 9.46 Å². The van der Waals surface area contributed by atoms with Gasteiger partial charge in [-0.1, -0.05) is 27.5 Å². The molecule has 0 fully saturated rings. The van der Waals surface area contributed by atoms with Gasteiger partial charge in [0.15, 0.2) is 0 Å². The second-order valence-electron chi connectivity index (χ2n) is 6.54. The van der Waals surface area contributed by atoms with Crippen molar-refractivity contribution in [3.63, 3.8) is 0 Å². The number of sulfonamides is 1. The highest BCUT2D eigenvalue weighted by molar-refractivity contribution is 9.10. The molecule has 1 N–H and O–H groups in total. The van der Waals surface area contributed by atoms with Crippen LogP contribution in [0.5, 0.6) is 5.75 Å². The minimum Gasteiger partial charge on any atom is -0.496 e. The molecular weight excluding hydrogens is 468 g/mol. The first-order chi connectivity index (χ1) is 13.0. The summed E-state index contributed by atoms with van der Waals surface area (Å²) in [4.78, 5) is 14.4. The average molecular weight is 490 g/mol. The van der Waals surface area contributed by atoms with Gasteiger partial charge in [-0.3, -0.25) is 4.79 Å². The number of amides is 1. The quantitative estimate of drug-likeness (QED) is 0.636. The summed E-state index contributed by atoms with van der Waals surface area (Å²) in [5.74, 6) is 0.250. The van der Waals surface area contributed by atoms with Crippen LogP contribution in [0.1, 0.15) is 29.8 Å². The van der Waals surface area contributed by atoms with Crippen molar-refractivity contribution < 1.29 is 17.9 Å². The average Bonchev–Trinajstić information content (AvgIpc) is 2.60. The smallest absolute Gasteiger partial charge is 0.255 e. The predicted octanol–water partition coefficient (Wildman–Crippen LogP) is 4.07. The van der Waals surface area contributed by atoms with Crippen LogP contribution in [0.15, 0.2) is 45.8 Å². The maximum atomic E-state index is 12.9. The lowest BCUT2D eigenvalue weighted by molar-refractivity contribution is 0.0784. The monoisotopic (exact) mass is 488 g/mol. The van der Waals surface area contributed by atoms with E-state index in [1.807, 2.05) is 12.1 Å². The Morgan fingerprint density at radius 3 is 2.54 bits per heavy atom. The van der Waals surface area contributed by atoms with Crippen LogP contribution in [0.4, 0.5) is 0 Å². The molecule has 0 heterocycles. The van der Waals surface area contributed by atoms with Gasteiger partial charge in [-0.05, 0) is 50.2 Å². The molecule has 0 spiro atoms. The van der Waals surface area contributed by atoms with Crippen molar-refractivity contribution >= 4 is 43.5 Å². The lowest BCUT2D eigenvalue weighted by Crippen LogP contribution is -2.31. The molecule has 0 aliphatic carbocycles. The number of benzene rings is 2. The molecule has 0 unspecified atom stereocenters. The normalized spacial score (nSPS) is 11.5. The molecule has 0 radical (unpaired) electrons. The molecule has 2 aromatic rings. The molecule has 0 aromatic heterocycles. The fraction of sp³-hybridized carbons (Fsp3) is 0.316. The van der Waals surface area contributed by atoms with E-state index in [4.69, 9.17) is 16.3 Å². The van der Waals surface area contributed by atoms with Gasteiger partial charge in [-0.15, -0.1) is 0 Å². The first-order valence-corrected chi connectivity index (χ1v) is 11.1. The van der Waals surface area contributed by atoms with Gasteiger partial charge in [0, 0.05) is 29.7 Å². The SMILES string of the molecule is COc1ccc(Br)cc1CN(C)C(=O)c1cc(S(=O)(=O)NC(C)C)ccc1Cl. The molecule has 0 atom stereocenters. The summed E-state index contributed by atoms with van der Waals surface area (Å²) in [6.07, 6.45) is 0. The van der Waals surface area contributed by atoms with Crippen molar-refractivity contribution in [1.29, 1.82) is 0 Å². The van der Waals surface area contributed by atoms with Crippen LogP contribution in [0, 0.1) is 0 Å². The van der Waals surface area contributed by atoms with Crippen LogP contribution in [0.25, 0.3) is 0 Å². The third-order valence-electron chi connectivity index (χ3n) is 3.87. The topological polar surface area (TPSA) is 75.7 Å². The predicted molar refractivity (Wildman–Crippen MR) is 113 cm³/mol. The Balaban J connectivity index is 2.33. The number of halogens is 2. The molecule has 0 saturated heterocycles. The van der Waals surface area contributed by atoms with Gasteiger partial charge in [0.1, 0.15) is 5.75 Å². The van der Waals surface area contributed by atoms with Crippen molar-refractivity contribution in [2.24, 2.45) is 0 Å². The Bertz CT molecular complexity index is 980. The van der Waals surface area contributed by atoms with E-state index in [1.54, 1.807) is 34.1 Å². The first-order valence-electron chi connectivity index (χ1n) is 8.45. The molecule has 152 valence electrons. The van der Waals surface area contributed by atoms with Crippen LogP contribution in [-0.4, -0.2) is 39.4 Å². The summed E-state index contributed by atoms with van der Waals surface area (Å²) in [6, 6.07) is 9.32. The van der Waals surface area contributed by atoms with E-state index in [0.29, 0.717) is 5.75 Å². The second-order valence-corrected chi connectivity index (χ2v) is 9.57. The van der Waals surface area contributed by atoms with Gasteiger partial charge in [0.2, 0.25) is 10.0 Å². The highest BCUT2D eigenvalue weighted by Gasteiger charge is 2.22. The third kappa shape index (κ3) is 5.47. The van der Waals surface area contributed by atoms with Crippen molar-refractivity contribution in [3.8, 4) is 5.75 Å². The largest absolute Gasteiger partial charge is 0.496 e. The zero-order valence-corrected chi connectivity index (χ0v) is 19.2. The summed E-state index contributed by atoms with van der Waals surface area (Å²) in [5, 5.41) is 0.182. The van der Waals surface area contributed by atoms with Crippen LogP contribution >= 0.6 is 27.5 Å². The molecule has 0 bridgehead atoms. The molecule has 28 heavy (non-hydrogen) atoms. The number of hydrogen-bond donors (Lipinski definition) is 1.